The number of ether oxygens (including phenoxy) is 2. The number of carbonyl (C=O) groups excluding carboxylic acids is 2. The summed E-state index contributed by atoms with van der Waals surface area (Å²) in [6, 6.07) is 21.4. The molecule has 1 atom stereocenters. The van der Waals surface area contributed by atoms with Gasteiger partial charge in [-0.3, -0.25) is 9.10 Å². The van der Waals surface area contributed by atoms with Crippen LogP contribution in [-0.4, -0.2) is 46.6 Å². The largest absolute Gasteiger partial charge is 0.475 e. The van der Waals surface area contributed by atoms with Crippen LogP contribution >= 0.6 is 0 Å². The summed E-state index contributed by atoms with van der Waals surface area (Å²) < 4.78 is 38.8. The molecule has 9 heteroatoms. The molecule has 2 aliphatic rings. The van der Waals surface area contributed by atoms with E-state index in [2.05, 4.69) is 0 Å². The van der Waals surface area contributed by atoms with E-state index in [0.717, 1.165) is 29.7 Å². The minimum Gasteiger partial charge on any atom is -0.475 e. The van der Waals surface area contributed by atoms with Crippen LogP contribution in [0.3, 0.4) is 0 Å². The summed E-state index contributed by atoms with van der Waals surface area (Å²) in [5.74, 6) is -0.252. The Bertz CT molecular complexity index is 1420. The quantitative estimate of drug-likeness (QED) is 0.460. The van der Waals surface area contributed by atoms with Gasteiger partial charge in [-0.25, -0.2) is 13.2 Å². The SMILES string of the molecule is COC(=O)[C@H]1CN(C(=O)CCc2ccc(S(=O)(=O)N3CCCc4ccccc43)cc2)c2ccccc2O1. The molecule has 0 bridgehead atoms. The number of para-hydroxylation sites is 3. The Morgan fingerprint density at radius 1 is 0.973 bits per heavy atom. The molecule has 0 radical (unpaired) electrons. The maximum atomic E-state index is 13.4. The first kappa shape index (κ1) is 24.8. The summed E-state index contributed by atoms with van der Waals surface area (Å²) in [6.07, 6.45) is 1.36. The van der Waals surface area contributed by atoms with Gasteiger partial charge in [0.2, 0.25) is 12.0 Å². The molecule has 0 aromatic heterocycles. The predicted molar refractivity (Wildman–Crippen MR) is 139 cm³/mol. The van der Waals surface area contributed by atoms with Gasteiger partial charge in [0, 0.05) is 13.0 Å². The highest BCUT2D eigenvalue weighted by molar-refractivity contribution is 7.92. The number of esters is 1. The van der Waals surface area contributed by atoms with E-state index in [-0.39, 0.29) is 23.8 Å². The van der Waals surface area contributed by atoms with Gasteiger partial charge in [0.05, 0.1) is 29.9 Å². The molecular weight excluding hydrogens is 492 g/mol. The van der Waals surface area contributed by atoms with Crippen molar-refractivity contribution in [3.05, 3.63) is 83.9 Å². The first-order chi connectivity index (χ1) is 17.9. The zero-order valence-corrected chi connectivity index (χ0v) is 21.3. The fourth-order valence-corrected chi connectivity index (χ4v) is 6.36. The second-order valence-electron chi connectivity index (χ2n) is 9.06. The number of aryl methyl sites for hydroxylation is 2. The Hall–Kier alpha value is -3.85. The van der Waals surface area contributed by atoms with Crippen molar-refractivity contribution in [3.8, 4) is 5.75 Å². The highest BCUT2D eigenvalue weighted by Gasteiger charge is 2.34. The summed E-state index contributed by atoms with van der Waals surface area (Å²) in [5, 5.41) is 0. The van der Waals surface area contributed by atoms with Gasteiger partial charge in [0.15, 0.2) is 0 Å². The van der Waals surface area contributed by atoms with Crippen molar-refractivity contribution in [3.63, 3.8) is 0 Å². The predicted octanol–water partition coefficient (Wildman–Crippen LogP) is 3.73. The normalized spacial score (nSPS) is 16.8. The summed E-state index contributed by atoms with van der Waals surface area (Å²) in [6.45, 7) is 0.514. The molecule has 1 amide bonds. The zero-order valence-electron chi connectivity index (χ0n) is 20.5. The molecule has 0 spiro atoms. The maximum absolute atomic E-state index is 13.4. The molecular formula is C28H28N2O6S. The molecule has 2 aliphatic heterocycles. The molecule has 37 heavy (non-hydrogen) atoms. The smallest absolute Gasteiger partial charge is 0.348 e. The van der Waals surface area contributed by atoms with E-state index in [9.17, 15) is 18.0 Å². The van der Waals surface area contributed by atoms with Gasteiger partial charge in [0.1, 0.15) is 5.75 Å². The third kappa shape index (κ3) is 4.91. The topological polar surface area (TPSA) is 93.2 Å². The van der Waals surface area contributed by atoms with Crippen LogP contribution in [0.5, 0.6) is 5.75 Å². The zero-order chi connectivity index (χ0) is 26.0. The van der Waals surface area contributed by atoms with Crippen LogP contribution in [0.2, 0.25) is 0 Å². The lowest BCUT2D eigenvalue weighted by Crippen LogP contribution is -2.47. The molecule has 192 valence electrons. The lowest BCUT2D eigenvalue weighted by atomic mass is 10.0. The lowest BCUT2D eigenvalue weighted by molar-refractivity contribution is -0.148. The molecule has 0 N–H and O–H groups in total. The molecule has 3 aromatic carbocycles. The van der Waals surface area contributed by atoms with Crippen molar-refractivity contribution < 1.29 is 27.5 Å². The minimum absolute atomic E-state index is 0.0665. The lowest BCUT2D eigenvalue weighted by Gasteiger charge is -2.33. The van der Waals surface area contributed by atoms with Crippen LogP contribution in [0.15, 0.2) is 77.7 Å². The molecule has 8 nitrogen and oxygen atoms in total. The van der Waals surface area contributed by atoms with E-state index in [1.165, 1.54) is 11.4 Å². The Kier molecular flexibility index (Phi) is 6.88. The van der Waals surface area contributed by atoms with Gasteiger partial charge < -0.3 is 14.4 Å². The average molecular weight is 521 g/mol. The van der Waals surface area contributed by atoms with Gasteiger partial charge in [0.25, 0.3) is 10.0 Å². The fourth-order valence-electron chi connectivity index (χ4n) is 4.82. The molecule has 0 unspecified atom stereocenters. The van der Waals surface area contributed by atoms with Crippen LogP contribution in [0.25, 0.3) is 0 Å². The Morgan fingerprint density at radius 2 is 1.68 bits per heavy atom. The number of carbonyl (C=O) groups is 2. The number of amides is 1. The second kappa shape index (κ2) is 10.3. The van der Waals surface area contributed by atoms with Gasteiger partial charge in [-0.05, 0) is 60.7 Å². The number of methoxy groups -OCH3 is 1. The van der Waals surface area contributed by atoms with E-state index < -0.39 is 22.1 Å². The Morgan fingerprint density at radius 3 is 2.43 bits per heavy atom. The van der Waals surface area contributed by atoms with E-state index in [0.29, 0.717) is 24.4 Å². The molecule has 0 saturated carbocycles. The third-order valence-electron chi connectivity index (χ3n) is 6.75. The Balaban J connectivity index is 1.28. The first-order valence-electron chi connectivity index (χ1n) is 12.2. The van der Waals surface area contributed by atoms with E-state index in [1.54, 1.807) is 53.4 Å². The van der Waals surface area contributed by atoms with Crippen molar-refractivity contribution in [1.29, 1.82) is 0 Å². The second-order valence-corrected chi connectivity index (χ2v) is 10.9. The first-order valence-corrected chi connectivity index (χ1v) is 13.7. The van der Waals surface area contributed by atoms with E-state index >= 15 is 0 Å². The van der Waals surface area contributed by atoms with Crippen molar-refractivity contribution >= 4 is 33.3 Å². The monoisotopic (exact) mass is 520 g/mol. The highest BCUT2D eigenvalue weighted by atomic mass is 32.2. The van der Waals surface area contributed by atoms with Gasteiger partial charge in [-0.1, -0.05) is 42.5 Å². The molecule has 0 fully saturated rings. The maximum Gasteiger partial charge on any atom is 0.348 e. The molecule has 2 heterocycles. The van der Waals surface area contributed by atoms with Crippen molar-refractivity contribution in [2.75, 3.05) is 29.4 Å². The van der Waals surface area contributed by atoms with Crippen LogP contribution in [0.1, 0.15) is 24.0 Å². The number of anilines is 2. The van der Waals surface area contributed by atoms with Crippen molar-refractivity contribution in [1.82, 2.24) is 0 Å². The number of nitrogens with zero attached hydrogens (tertiary/aromatic N) is 2. The van der Waals surface area contributed by atoms with Crippen LogP contribution in [0.4, 0.5) is 11.4 Å². The number of fused-ring (bicyclic) bond motifs is 2. The van der Waals surface area contributed by atoms with E-state index in [4.69, 9.17) is 9.47 Å². The van der Waals surface area contributed by atoms with Crippen LogP contribution in [-0.2, 0) is 37.2 Å². The average Bonchev–Trinajstić information content (AvgIpc) is 2.94. The standard InChI is InChI=1S/C28H28N2O6S/c1-35-28(32)26-19-29(24-10-4-5-11-25(24)36-26)27(31)17-14-20-12-15-22(16-13-20)37(33,34)30-18-6-8-21-7-2-3-9-23(21)30/h2-5,7,9-13,15-16,26H,6,8,14,17-19H2,1H3/t26-/m1/s1. The summed E-state index contributed by atoms with van der Waals surface area (Å²) >= 11 is 0. The van der Waals surface area contributed by atoms with E-state index in [1.807, 2.05) is 24.3 Å². The van der Waals surface area contributed by atoms with Crippen molar-refractivity contribution in [2.45, 2.75) is 36.7 Å². The Labute approximate surface area is 216 Å². The summed E-state index contributed by atoms with van der Waals surface area (Å²) in [7, 11) is -2.41. The highest BCUT2D eigenvalue weighted by Crippen LogP contribution is 2.34. The van der Waals surface area contributed by atoms with Crippen molar-refractivity contribution in [2.24, 2.45) is 0 Å². The number of hydrogen-bond acceptors (Lipinski definition) is 6. The molecule has 5 rings (SSSR count). The molecule has 0 saturated heterocycles. The number of sulfonamides is 1. The summed E-state index contributed by atoms with van der Waals surface area (Å²) in [4.78, 5) is 27.0. The van der Waals surface area contributed by atoms with Crippen LogP contribution < -0.4 is 13.9 Å². The number of hydrogen-bond donors (Lipinski definition) is 0. The molecule has 3 aromatic rings. The summed E-state index contributed by atoms with van der Waals surface area (Å²) in [5.41, 5.74) is 3.22. The number of benzene rings is 3. The van der Waals surface area contributed by atoms with Gasteiger partial charge in [-0.2, -0.15) is 0 Å². The minimum atomic E-state index is -3.69. The van der Waals surface area contributed by atoms with Gasteiger partial charge in [-0.15, -0.1) is 0 Å². The third-order valence-corrected chi connectivity index (χ3v) is 8.57. The van der Waals surface area contributed by atoms with Crippen LogP contribution in [0, 0.1) is 0 Å². The molecule has 0 aliphatic carbocycles. The van der Waals surface area contributed by atoms with Gasteiger partial charge >= 0.3 is 5.97 Å². The fraction of sp³-hybridized carbons (Fsp3) is 0.286. The number of rotatable bonds is 6.